The second kappa shape index (κ2) is 4.91. The van der Waals surface area contributed by atoms with Crippen molar-refractivity contribution in [2.24, 2.45) is 7.05 Å². The van der Waals surface area contributed by atoms with E-state index in [2.05, 4.69) is 37.5 Å². The molecular formula is C11H11IN4O. The molecule has 0 aliphatic rings. The highest BCUT2D eigenvalue weighted by Gasteiger charge is 2.11. The Hall–Kier alpha value is -1.31. The average Bonchev–Trinajstić information content (AvgIpc) is 2.33. The first-order valence-corrected chi connectivity index (χ1v) is 6.32. The summed E-state index contributed by atoms with van der Waals surface area (Å²) >= 11 is 2.23. The fourth-order valence-electron chi connectivity index (χ4n) is 1.49. The molecule has 88 valence electrons. The van der Waals surface area contributed by atoms with Crippen LogP contribution in [-0.4, -0.2) is 19.5 Å². The van der Waals surface area contributed by atoms with E-state index >= 15 is 0 Å². The fraction of sp³-hybridized carbons (Fsp3) is 0.273. The maximum atomic E-state index is 11.8. The zero-order valence-corrected chi connectivity index (χ0v) is 11.6. The van der Waals surface area contributed by atoms with E-state index in [1.807, 2.05) is 6.92 Å². The molecular weight excluding hydrogens is 331 g/mol. The molecule has 2 rings (SSSR count). The van der Waals surface area contributed by atoms with Gasteiger partial charge in [-0.3, -0.25) is 9.36 Å². The van der Waals surface area contributed by atoms with Gasteiger partial charge in [0.05, 0.1) is 15.3 Å². The maximum absolute atomic E-state index is 11.8. The molecule has 2 aromatic rings. The van der Waals surface area contributed by atoms with Gasteiger partial charge in [-0.1, -0.05) is 22.6 Å². The number of hydrogen-bond acceptors (Lipinski definition) is 4. The summed E-state index contributed by atoms with van der Waals surface area (Å²) in [4.78, 5) is 24.2. The van der Waals surface area contributed by atoms with E-state index in [1.54, 1.807) is 23.9 Å². The van der Waals surface area contributed by atoms with E-state index in [4.69, 9.17) is 0 Å². The molecule has 2 aromatic heterocycles. The summed E-state index contributed by atoms with van der Waals surface area (Å²) in [5.41, 5.74) is 1.18. The van der Waals surface area contributed by atoms with Crippen LogP contribution in [0.5, 0.6) is 0 Å². The lowest BCUT2D eigenvalue weighted by atomic mass is 10.2. The second-order valence-corrected chi connectivity index (χ2v) is 5.48. The molecule has 1 unspecified atom stereocenters. The van der Waals surface area contributed by atoms with Crippen LogP contribution in [0.3, 0.4) is 0 Å². The van der Waals surface area contributed by atoms with Crippen molar-refractivity contribution in [1.29, 1.82) is 0 Å². The highest BCUT2D eigenvalue weighted by molar-refractivity contribution is 14.1. The third-order valence-electron chi connectivity index (χ3n) is 2.37. The van der Waals surface area contributed by atoms with Crippen molar-refractivity contribution in [1.82, 2.24) is 19.5 Å². The van der Waals surface area contributed by atoms with Crippen molar-refractivity contribution in [3.8, 4) is 11.4 Å². The number of halogens is 1. The molecule has 0 N–H and O–H groups in total. The lowest BCUT2D eigenvalue weighted by Gasteiger charge is -2.10. The standard InChI is InChI=1S/C11H11IN4O/c1-7(12)11-15-9(5-10(17)16(11)2)8-3-4-13-6-14-8/h3-7H,1-2H3. The topological polar surface area (TPSA) is 60.7 Å². The second-order valence-electron chi connectivity index (χ2n) is 3.61. The van der Waals surface area contributed by atoms with Gasteiger partial charge < -0.3 is 0 Å². The van der Waals surface area contributed by atoms with E-state index in [9.17, 15) is 4.79 Å². The van der Waals surface area contributed by atoms with Gasteiger partial charge in [-0.2, -0.15) is 0 Å². The smallest absolute Gasteiger partial charge is 0.253 e. The van der Waals surface area contributed by atoms with Gasteiger partial charge in [0.25, 0.3) is 5.56 Å². The van der Waals surface area contributed by atoms with Crippen LogP contribution >= 0.6 is 22.6 Å². The number of hydrogen-bond donors (Lipinski definition) is 0. The average molecular weight is 342 g/mol. The van der Waals surface area contributed by atoms with E-state index < -0.39 is 0 Å². The van der Waals surface area contributed by atoms with E-state index in [0.29, 0.717) is 11.4 Å². The van der Waals surface area contributed by atoms with Gasteiger partial charge >= 0.3 is 0 Å². The summed E-state index contributed by atoms with van der Waals surface area (Å²) < 4.78 is 1.72. The molecule has 0 spiro atoms. The van der Waals surface area contributed by atoms with Crippen molar-refractivity contribution >= 4 is 22.6 Å². The molecule has 0 amide bonds. The van der Waals surface area contributed by atoms with Crippen molar-refractivity contribution in [2.75, 3.05) is 0 Å². The minimum atomic E-state index is -0.0767. The number of nitrogens with zero attached hydrogens (tertiary/aromatic N) is 4. The normalized spacial score (nSPS) is 12.4. The van der Waals surface area contributed by atoms with Crippen LogP contribution in [0.25, 0.3) is 11.4 Å². The van der Waals surface area contributed by atoms with Crippen LogP contribution < -0.4 is 5.56 Å². The van der Waals surface area contributed by atoms with Gasteiger partial charge in [0.1, 0.15) is 12.2 Å². The Kier molecular flexibility index (Phi) is 3.51. The van der Waals surface area contributed by atoms with Crippen molar-refractivity contribution in [3.63, 3.8) is 0 Å². The lowest BCUT2D eigenvalue weighted by Crippen LogP contribution is -2.22. The molecule has 0 fully saturated rings. The first kappa shape index (κ1) is 12.2. The summed E-state index contributed by atoms with van der Waals surface area (Å²) in [6.45, 7) is 1.99. The van der Waals surface area contributed by atoms with Gasteiger partial charge in [0.2, 0.25) is 0 Å². The minimum Gasteiger partial charge on any atom is -0.299 e. The van der Waals surface area contributed by atoms with E-state index in [-0.39, 0.29) is 9.48 Å². The van der Waals surface area contributed by atoms with Crippen molar-refractivity contribution in [2.45, 2.75) is 10.8 Å². The maximum Gasteiger partial charge on any atom is 0.253 e. The predicted molar refractivity (Wildman–Crippen MR) is 72.9 cm³/mol. The van der Waals surface area contributed by atoms with Gasteiger partial charge in [-0.05, 0) is 13.0 Å². The van der Waals surface area contributed by atoms with Crippen LogP contribution in [0.4, 0.5) is 0 Å². The summed E-state index contributed by atoms with van der Waals surface area (Å²) in [6.07, 6.45) is 3.08. The predicted octanol–water partition coefficient (Wildman–Crippen LogP) is 1.73. The molecule has 0 bridgehead atoms. The summed E-state index contributed by atoms with van der Waals surface area (Å²) in [7, 11) is 1.73. The Morgan fingerprint density at radius 1 is 1.41 bits per heavy atom. The summed E-state index contributed by atoms with van der Waals surface area (Å²) in [5.74, 6) is 0.742. The Morgan fingerprint density at radius 3 is 2.76 bits per heavy atom. The first-order valence-electron chi connectivity index (χ1n) is 5.08. The Balaban J connectivity index is 2.62. The number of aromatic nitrogens is 4. The quantitative estimate of drug-likeness (QED) is 0.616. The van der Waals surface area contributed by atoms with Crippen LogP contribution in [0.1, 0.15) is 16.7 Å². The van der Waals surface area contributed by atoms with Gasteiger partial charge in [0.15, 0.2) is 0 Å². The van der Waals surface area contributed by atoms with Crippen molar-refractivity contribution in [3.05, 3.63) is 40.8 Å². The molecule has 0 radical (unpaired) electrons. The Morgan fingerprint density at radius 2 is 2.18 bits per heavy atom. The van der Waals surface area contributed by atoms with Gasteiger partial charge in [-0.25, -0.2) is 15.0 Å². The van der Waals surface area contributed by atoms with Crippen LogP contribution in [0, 0.1) is 0 Å². The molecule has 6 heteroatoms. The molecule has 0 aliphatic heterocycles. The molecule has 2 heterocycles. The zero-order chi connectivity index (χ0) is 12.4. The third kappa shape index (κ3) is 2.51. The molecule has 1 atom stereocenters. The highest BCUT2D eigenvalue weighted by Crippen LogP contribution is 2.21. The van der Waals surface area contributed by atoms with Gasteiger partial charge in [0, 0.05) is 19.3 Å². The number of rotatable bonds is 2. The monoisotopic (exact) mass is 342 g/mol. The molecule has 5 nitrogen and oxygen atoms in total. The van der Waals surface area contributed by atoms with Crippen molar-refractivity contribution < 1.29 is 0 Å². The molecule has 0 saturated heterocycles. The Bertz CT molecular complexity index is 580. The van der Waals surface area contributed by atoms with E-state index in [0.717, 1.165) is 5.82 Å². The fourth-order valence-corrected chi connectivity index (χ4v) is 2.04. The number of alkyl halides is 1. The van der Waals surface area contributed by atoms with E-state index in [1.165, 1.54) is 12.4 Å². The van der Waals surface area contributed by atoms with Crippen LogP contribution in [0.15, 0.2) is 29.5 Å². The molecule has 17 heavy (non-hydrogen) atoms. The SMILES string of the molecule is CC(I)c1nc(-c2ccncn2)cc(=O)n1C. The molecule has 0 aromatic carbocycles. The summed E-state index contributed by atoms with van der Waals surface area (Å²) in [5, 5.41) is 0. The largest absolute Gasteiger partial charge is 0.299 e. The summed E-state index contributed by atoms with van der Waals surface area (Å²) in [6, 6.07) is 3.23. The third-order valence-corrected chi connectivity index (χ3v) is 2.93. The van der Waals surface area contributed by atoms with Crippen LogP contribution in [-0.2, 0) is 7.05 Å². The highest BCUT2D eigenvalue weighted by atomic mass is 127. The minimum absolute atomic E-state index is 0.0767. The molecule has 0 aliphatic carbocycles. The lowest BCUT2D eigenvalue weighted by molar-refractivity contribution is 0.740. The van der Waals surface area contributed by atoms with Crippen LogP contribution in [0.2, 0.25) is 0 Å². The molecule has 0 saturated carbocycles. The van der Waals surface area contributed by atoms with Gasteiger partial charge in [-0.15, -0.1) is 0 Å². The Labute approximate surface area is 112 Å². The zero-order valence-electron chi connectivity index (χ0n) is 9.46. The first-order chi connectivity index (χ1) is 8.09.